The van der Waals surface area contributed by atoms with E-state index < -0.39 is 0 Å². The van der Waals surface area contributed by atoms with E-state index in [1.54, 1.807) is 0 Å². The standard InChI is InChI=1S/C7H9.C4H4N.Ru/c1-6-3-4-7(2)5-6;1-2-4-5-3-1;/h3-5H,1-2H3;1-3,5H;/q2*-1;+2. The molecule has 0 aliphatic rings. The van der Waals surface area contributed by atoms with E-state index in [2.05, 4.69) is 43.2 Å². The van der Waals surface area contributed by atoms with Crippen LogP contribution in [0.4, 0.5) is 0 Å². The molecule has 0 unspecified atom stereocenters. The molecular formula is C11H13NRu. The fourth-order valence-corrected chi connectivity index (χ4v) is 0.959. The molecule has 1 aromatic heterocycles. The SMILES string of the molecule is Cc1cc[c-](C)c1.[Ru+2].[c-]1ccc[nH]1. The van der Waals surface area contributed by atoms with Crippen LogP contribution in [0.25, 0.3) is 0 Å². The molecule has 0 spiro atoms. The third-order valence-corrected chi connectivity index (χ3v) is 1.51. The molecule has 1 aromatic carbocycles. The molecule has 0 saturated carbocycles. The van der Waals surface area contributed by atoms with Crippen LogP contribution in [0.2, 0.25) is 0 Å². The second-order valence-corrected chi connectivity index (χ2v) is 2.78. The summed E-state index contributed by atoms with van der Waals surface area (Å²) in [5.41, 5.74) is 2.72. The first kappa shape index (κ1) is 12.3. The molecule has 2 rings (SSSR count). The van der Waals surface area contributed by atoms with E-state index in [-0.39, 0.29) is 19.5 Å². The van der Waals surface area contributed by atoms with Gasteiger partial charge in [0.2, 0.25) is 0 Å². The maximum absolute atomic E-state index is 2.74. The number of hydrogen-bond donors (Lipinski definition) is 1. The van der Waals surface area contributed by atoms with E-state index >= 15 is 0 Å². The number of rotatable bonds is 0. The summed E-state index contributed by atoms with van der Waals surface area (Å²) < 4.78 is 0. The van der Waals surface area contributed by atoms with Gasteiger partial charge in [-0.3, -0.25) is 0 Å². The molecule has 0 amide bonds. The first-order chi connectivity index (χ1) is 5.79. The van der Waals surface area contributed by atoms with E-state index in [4.69, 9.17) is 0 Å². The van der Waals surface area contributed by atoms with Crippen LogP contribution in [0.1, 0.15) is 11.1 Å². The van der Waals surface area contributed by atoms with E-state index in [1.165, 1.54) is 11.1 Å². The van der Waals surface area contributed by atoms with Crippen molar-refractivity contribution in [2.75, 3.05) is 0 Å². The van der Waals surface area contributed by atoms with Crippen LogP contribution in [-0.2, 0) is 19.5 Å². The van der Waals surface area contributed by atoms with Gasteiger partial charge in [-0.1, -0.05) is 13.8 Å². The van der Waals surface area contributed by atoms with E-state index in [1.807, 2.05) is 18.3 Å². The van der Waals surface area contributed by atoms with Gasteiger partial charge in [-0.25, -0.2) is 11.6 Å². The average molecular weight is 260 g/mol. The summed E-state index contributed by atoms with van der Waals surface area (Å²) in [6, 6.07) is 10.1. The molecule has 1 nitrogen and oxygen atoms in total. The number of aryl methyl sites for hydroxylation is 2. The van der Waals surface area contributed by atoms with Crippen molar-refractivity contribution >= 4 is 0 Å². The van der Waals surface area contributed by atoms with Crippen molar-refractivity contribution in [3.63, 3.8) is 0 Å². The fourth-order valence-electron chi connectivity index (χ4n) is 0.959. The molecule has 1 heterocycles. The zero-order valence-electron chi connectivity index (χ0n) is 7.82. The van der Waals surface area contributed by atoms with Gasteiger partial charge in [-0.05, 0) is 0 Å². The number of aromatic nitrogens is 1. The summed E-state index contributed by atoms with van der Waals surface area (Å²) in [6.45, 7) is 4.21. The molecule has 0 fully saturated rings. The summed E-state index contributed by atoms with van der Waals surface area (Å²) in [7, 11) is 0. The quantitative estimate of drug-likeness (QED) is 0.554. The van der Waals surface area contributed by atoms with Gasteiger partial charge in [0.15, 0.2) is 0 Å². The maximum atomic E-state index is 2.74. The van der Waals surface area contributed by atoms with Gasteiger partial charge in [0.25, 0.3) is 0 Å². The van der Waals surface area contributed by atoms with E-state index in [0.29, 0.717) is 0 Å². The molecule has 2 heteroatoms. The van der Waals surface area contributed by atoms with Crippen LogP contribution in [0.5, 0.6) is 0 Å². The largest absolute Gasteiger partial charge is 2.00 e. The summed E-state index contributed by atoms with van der Waals surface area (Å²) in [5.74, 6) is 0. The first-order valence-electron chi connectivity index (χ1n) is 3.98. The van der Waals surface area contributed by atoms with Crippen molar-refractivity contribution in [2.24, 2.45) is 0 Å². The molecule has 0 aliphatic heterocycles. The van der Waals surface area contributed by atoms with E-state index in [0.717, 1.165) is 0 Å². The Kier molecular flexibility index (Phi) is 6.35. The van der Waals surface area contributed by atoms with Crippen LogP contribution < -0.4 is 0 Å². The van der Waals surface area contributed by atoms with Crippen molar-refractivity contribution in [3.05, 3.63) is 53.9 Å². The van der Waals surface area contributed by atoms with Crippen LogP contribution in [0.3, 0.4) is 0 Å². The smallest absolute Gasteiger partial charge is 0.484 e. The molecular weight excluding hydrogens is 247 g/mol. The molecule has 0 radical (unpaired) electrons. The maximum Gasteiger partial charge on any atom is 2.00 e. The second-order valence-electron chi connectivity index (χ2n) is 2.78. The third-order valence-electron chi connectivity index (χ3n) is 1.51. The number of hydrogen-bond acceptors (Lipinski definition) is 0. The van der Waals surface area contributed by atoms with Crippen LogP contribution in [0, 0.1) is 20.0 Å². The normalized spacial score (nSPS) is 8.15. The monoisotopic (exact) mass is 261 g/mol. The topological polar surface area (TPSA) is 15.8 Å². The van der Waals surface area contributed by atoms with Crippen molar-refractivity contribution in [1.82, 2.24) is 4.98 Å². The van der Waals surface area contributed by atoms with Crippen molar-refractivity contribution in [3.8, 4) is 0 Å². The van der Waals surface area contributed by atoms with Crippen LogP contribution >= 0.6 is 0 Å². The Balaban J connectivity index is 0.000000215. The van der Waals surface area contributed by atoms with Gasteiger partial charge in [0.1, 0.15) is 0 Å². The van der Waals surface area contributed by atoms with Crippen LogP contribution in [-0.4, -0.2) is 4.98 Å². The van der Waals surface area contributed by atoms with Gasteiger partial charge in [-0.15, -0.1) is 6.20 Å². The molecule has 1 N–H and O–H groups in total. The second kappa shape index (κ2) is 6.74. The predicted octanol–water partition coefficient (Wildman–Crippen LogP) is 2.83. The number of H-pyrrole nitrogens is 1. The van der Waals surface area contributed by atoms with Crippen molar-refractivity contribution in [1.29, 1.82) is 0 Å². The Bertz CT molecular complexity index is 262. The minimum atomic E-state index is 0. The Labute approximate surface area is 92.3 Å². The van der Waals surface area contributed by atoms with Crippen molar-refractivity contribution < 1.29 is 19.5 Å². The van der Waals surface area contributed by atoms with Gasteiger partial charge < -0.3 is 4.98 Å². The molecule has 2 aromatic rings. The van der Waals surface area contributed by atoms with Gasteiger partial charge in [0, 0.05) is 0 Å². The summed E-state index contributed by atoms with van der Waals surface area (Å²) >= 11 is 0. The Morgan fingerprint density at radius 1 is 1.46 bits per heavy atom. The first-order valence-corrected chi connectivity index (χ1v) is 3.98. The molecule has 0 bridgehead atoms. The molecule has 70 valence electrons. The zero-order chi connectivity index (χ0) is 8.81. The predicted molar refractivity (Wildman–Crippen MR) is 51.1 cm³/mol. The Morgan fingerprint density at radius 2 is 2.23 bits per heavy atom. The molecule has 0 aliphatic carbocycles. The summed E-state index contributed by atoms with van der Waals surface area (Å²) in [5, 5.41) is 0. The minimum Gasteiger partial charge on any atom is -0.484 e. The fraction of sp³-hybridized carbons (Fsp3) is 0.182. The molecule has 0 atom stereocenters. The number of aromatic amines is 1. The van der Waals surface area contributed by atoms with Gasteiger partial charge >= 0.3 is 19.5 Å². The molecule has 13 heavy (non-hydrogen) atoms. The molecule has 0 saturated heterocycles. The Hall–Kier alpha value is -0.747. The van der Waals surface area contributed by atoms with E-state index in [9.17, 15) is 0 Å². The zero-order valence-corrected chi connectivity index (χ0v) is 9.56. The summed E-state index contributed by atoms with van der Waals surface area (Å²) in [4.78, 5) is 2.74. The number of nitrogens with one attached hydrogen (secondary N) is 1. The van der Waals surface area contributed by atoms with Gasteiger partial charge in [-0.2, -0.15) is 36.0 Å². The van der Waals surface area contributed by atoms with Gasteiger partial charge in [0.05, 0.1) is 0 Å². The minimum absolute atomic E-state index is 0. The Morgan fingerprint density at radius 3 is 2.38 bits per heavy atom. The van der Waals surface area contributed by atoms with Crippen molar-refractivity contribution in [2.45, 2.75) is 13.8 Å². The third kappa shape index (κ3) is 5.49. The summed E-state index contributed by atoms with van der Waals surface area (Å²) in [6.07, 6.45) is 4.56. The average Bonchev–Trinajstić information content (AvgIpc) is 2.63. The van der Waals surface area contributed by atoms with Crippen LogP contribution in [0.15, 0.2) is 36.5 Å².